The van der Waals surface area contributed by atoms with Crippen molar-refractivity contribution < 1.29 is 8.42 Å². The van der Waals surface area contributed by atoms with Crippen molar-refractivity contribution in [3.63, 3.8) is 0 Å². The number of aryl methyl sites for hydroxylation is 1. The van der Waals surface area contributed by atoms with Gasteiger partial charge in [-0.1, -0.05) is 30.5 Å². The normalized spacial score (nSPS) is 26.9. The first-order valence-electron chi connectivity index (χ1n) is 6.88. The number of nitriles is 1. The zero-order valence-corrected chi connectivity index (χ0v) is 12.7. The summed E-state index contributed by atoms with van der Waals surface area (Å²) in [7, 11) is -3.58. The first kappa shape index (κ1) is 15.0. The molecule has 0 amide bonds. The fourth-order valence-corrected chi connectivity index (χ4v) is 4.22. The van der Waals surface area contributed by atoms with E-state index in [-0.39, 0.29) is 10.8 Å². The molecule has 1 unspecified atom stereocenters. The minimum absolute atomic E-state index is 0.256. The van der Waals surface area contributed by atoms with E-state index >= 15 is 0 Å². The zero-order valence-electron chi connectivity index (χ0n) is 11.9. The highest BCUT2D eigenvalue weighted by Crippen LogP contribution is 2.34. The summed E-state index contributed by atoms with van der Waals surface area (Å²) in [6.45, 7) is 3.75. The number of benzene rings is 1. The topological polar surface area (TPSA) is 70.0 Å². The van der Waals surface area contributed by atoms with Crippen LogP contribution in [0.3, 0.4) is 0 Å². The maximum Gasteiger partial charge on any atom is 0.241 e. The van der Waals surface area contributed by atoms with Crippen LogP contribution < -0.4 is 4.72 Å². The minimum Gasteiger partial charge on any atom is -0.207 e. The van der Waals surface area contributed by atoms with Gasteiger partial charge < -0.3 is 0 Å². The molecular formula is C15H20N2O2S. The van der Waals surface area contributed by atoms with Gasteiger partial charge in [-0.2, -0.15) is 5.26 Å². The molecule has 108 valence electrons. The van der Waals surface area contributed by atoms with Gasteiger partial charge in [-0.25, -0.2) is 13.1 Å². The van der Waals surface area contributed by atoms with Gasteiger partial charge in [-0.3, -0.25) is 0 Å². The maximum absolute atomic E-state index is 12.5. The molecular weight excluding hydrogens is 272 g/mol. The largest absolute Gasteiger partial charge is 0.241 e. The molecule has 4 nitrogen and oxygen atoms in total. The molecule has 0 saturated heterocycles. The van der Waals surface area contributed by atoms with Gasteiger partial charge in [0, 0.05) is 5.54 Å². The summed E-state index contributed by atoms with van der Waals surface area (Å²) in [6, 6.07) is 9.01. The predicted octanol–water partition coefficient (Wildman–Crippen LogP) is 2.75. The number of rotatable bonds is 3. The van der Waals surface area contributed by atoms with Crippen molar-refractivity contribution in [2.24, 2.45) is 5.92 Å². The van der Waals surface area contributed by atoms with Crippen molar-refractivity contribution in [3.05, 3.63) is 29.8 Å². The Morgan fingerprint density at radius 1 is 1.30 bits per heavy atom. The fraction of sp³-hybridized carbons (Fsp3) is 0.533. The molecule has 1 fully saturated rings. The predicted molar refractivity (Wildman–Crippen MR) is 77.5 cm³/mol. The second kappa shape index (κ2) is 5.55. The van der Waals surface area contributed by atoms with Crippen molar-refractivity contribution in [1.82, 2.24) is 4.72 Å². The molecule has 0 radical (unpaired) electrons. The Labute approximate surface area is 120 Å². The summed E-state index contributed by atoms with van der Waals surface area (Å²) in [5, 5.41) is 9.25. The van der Waals surface area contributed by atoms with E-state index in [2.05, 4.69) is 10.8 Å². The van der Waals surface area contributed by atoms with Gasteiger partial charge >= 0.3 is 0 Å². The number of nitrogens with zero attached hydrogens (tertiary/aromatic N) is 1. The summed E-state index contributed by atoms with van der Waals surface area (Å²) < 4.78 is 27.7. The molecule has 1 aromatic rings. The second-order valence-corrected chi connectivity index (χ2v) is 7.45. The smallest absolute Gasteiger partial charge is 0.207 e. The Balaban J connectivity index is 2.27. The molecule has 0 heterocycles. The lowest BCUT2D eigenvalue weighted by molar-refractivity contribution is 0.234. The Kier molecular flexibility index (Phi) is 4.17. The van der Waals surface area contributed by atoms with E-state index in [9.17, 15) is 13.7 Å². The first-order valence-corrected chi connectivity index (χ1v) is 8.36. The number of sulfonamides is 1. The summed E-state index contributed by atoms with van der Waals surface area (Å²) in [5.41, 5.74) is 0.346. The maximum atomic E-state index is 12.5. The van der Waals surface area contributed by atoms with Crippen LogP contribution in [-0.2, 0) is 10.0 Å². The van der Waals surface area contributed by atoms with Crippen LogP contribution in [0.4, 0.5) is 0 Å². The average molecular weight is 292 g/mol. The Hall–Kier alpha value is -1.38. The van der Waals surface area contributed by atoms with Crippen LogP contribution >= 0.6 is 0 Å². The van der Waals surface area contributed by atoms with E-state index in [0.717, 1.165) is 24.8 Å². The second-order valence-electron chi connectivity index (χ2n) is 5.76. The molecule has 2 atom stereocenters. The molecule has 0 aliphatic heterocycles. The molecule has 2 rings (SSSR count). The third-order valence-electron chi connectivity index (χ3n) is 4.06. The van der Waals surface area contributed by atoms with Crippen molar-refractivity contribution in [2.45, 2.75) is 50.0 Å². The van der Waals surface area contributed by atoms with Crippen LogP contribution in [0.25, 0.3) is 0 Å². The average Bonchev–Trinajstić information content (AvgIpc) is 2.38. The highest BCUT2D eigenvalue weighted by atomic mass is 32.2. The molecule has 0 aromatic heterocycles. The van der Waals surface area contributed by atoms with Gasteiger partial charge in [0.25, 0.3) is 0 Å². The highest BCUT2D eigenvalue weighted by molar-refractivity contribution is 7.89. The van der Waals surface area contributed by atoms with Gasteiger partial charge in [-0.05, 0) is 38.8 Å². The van der Waals surface area contributed by atoms with Crippen molar-refractivity contribution >= 4 is 10.0 Å². The van der Waals surface area contributed by atoms with Crippen LogP contribution in [0.5, 0.6) is 0 Å². The van der Waals surface area contributed by atoms with E-state index in [1.807, 2.05) is 13.8 Å². The van der Waals surface area contributed by atoms with E-state index < -0.39 is 15.6 Å². The van der Waals surface area contributed by atoms with Crippen LogP contribution in [-0.4, -0.2) is 14.0 Å². The van der Waals surface area contributed by atoms with Crippen LogP contribution in [0.1, 0.15) is 38.2 Å². The molecule has 1 N–H and O–H groups in total. The van der Waals surface area contributed by atoms with E-state index in [4.69, 9.17) is 0 Å². The van der Waals surface area contributed by atoms with Crippen molar-refractivity contribution in [2.75, 3.05) is 0 Å². The molecule has 1 saturated carbocycles. The number of nitrogens with one attached hydrogen (secondary N) is 1. The van der Waals surface area contributed by atoms with Crippen molar-refractivity contribution in [3.8, 4) is 6.07 Å². The van der Waals surface area contributed by atoms with Gasteiger partial charge in [-0.15, -0.1) is 0 Å². The first-order chi connectivity index (χ1) is 9.37. The lowest BCUT2D eigenvalue weighted by Gasteiger charge is -2.38. The summed E-state index contributed by atoms with van der Waals surface area (Å²) in [5.74, 6) is -0.267. The van der Waals surface area contributed by atoms with Crippen LogP contribution in [0.2, 0.25) is 0 Å². The van der Waals surface area contributed by atoms with Gasteiger partial charge in [0.2, 0.25) is 10.0 Å². The summed E-state index contributed by atoms with van der Waals surface area (Å²) in [6.07, 6.45) is 3.39. The Morgan fingerprint density at radius 2 is 1.95 bits per heavy atom. The van der Waals surface area contributed by atoms with Gasteiger partial charge in [0.1, 0.15) is 0 Å². The molecule has 1 aliphatic carbocycles. The van der Waals surface area contributed by atoms with Crippen LogP contribution in [0, 0.1) is 24.2 Å². The molecule has 0 spiro atoms. The Morgan fingerprint density at radius 3 is 2.55 bits per heavy atom. The molecule has 20 heavy (non-hydrogen) atoms. The van der Waals surface area contributed by atoms with E-state index in [1.54, 1.807) is 24.3 Å². The Bertz CT molecular complexity index is 616. The number of hydrogen-bond acceptors (Lipinski definition) is 3. The molecule has 0 bridgehead atoms. The SMILES string of the molecule is Cc1ccc(S(=O)(=O)NC2(C)CCCC[C@H]2C#N)cc1. The third kappa shape index (κ3) is 3.02. The lowest BCUT2D eigenvalue weighted by Crippen LogP contribution is -2.52. The summed E-state index contributed by atoms with van der Waals surface area (Å²) in [4.78, 5) is 0.256. The third-order valence-corrected chi connectivity index (χ3v) is 5.69. The van der Waals surface area contributed by atoms with E-state index in [0.29, 0.717) is 6.42 Å². The number of hydrogen-bond donors (Lipinski definition) is 1. The fourth-order valence-electron chi connectivity index (χ4n) is 2.75. The van der Waals surface area contributed by atoms with Crippen LogP contribution in [0.15, 0.2) is 29.2 Å². The molecule has 1 aromatic carbocycles. The summed E-state index contributed by atoms with van der Waals surface area (Å²) >= 11 is 0. The molecule has 1 aliphatic rings. The zero-order chi connectivity index (χ0) is 14.8. The minimum atomic E-state index is -3.58. The lowest BCUT2D eigenvalue weighted by atomic mass is 9.75. The standard InChI is InChI=1S/C15H20N2O2S/c1-12-6-8-14(9-7-12)20(18,19)17-15(2)10-4-3-5-13(15)11-16/h6-9,13,17H,3-5,10H2,1-2H3/t13-,15?/m0/s1. The van der Waals surface area contributed by atoms with Crippen molar-refractivity contribution in [1.29, 1.82) is 5.26 Å². The quantitative estimate of drug-likeness (QED) is 0.931. The van der Waals surface area contributed by atoms with Gasteiger partial charge in [0.15, 0.2) is 0 Å². The van der Waals surface area contributed by atoms with Gasteiger partial charge in [0.05, 0.1) is 16.9 Å². The monoisotopic (exact) mass is 292 g/mol. The molecule has 5 heteroatoms. The highest BCUT2D eigenvalue weighted by Gasteiger charge is 2.40. The van der Waals surface area contributed by atoms with E-state index in [1.165, 1.54) is 0 Å².